The van der Waals surface area contributed by atoms with Gasteiger partial charge < -0.3 is 9.84 Å². The number of hydrogen-bond donors (Lipinski definition) is 1. The fraction of sp³-hybridized carbons (Fsp3) is 0.174. The number of carbonyl (C=O) groups excluding carboxylic acids is 1. The van der Waals surface area contributed by atoms with E-state index in [4.69, 9.17) is 16.1 Å². The summed E-state index contributed by atoms with van der Waals surface area (Å²) in [5.41, 5.74) is 4.72. The van der Waals surface area contributed by atoms with E-state index < -0.39 is 0 Å². The maximum atomic E-state index is 12.6. The van der Waals surface area contributed by atoms with Gasteiger partial charge in [0, 0.05) is 15.5 Å². The smallest absolute Gasteiger partial charge is 0.261 e. The van der Waals surface area contributed by atoms with Gasteiger partial charge >= 0.3 is 0 Å². The summed E-state index contributed by atoms with van der Waals surface area (Å²) in [5.74, 6) is 0.805. The molecule has 2 heterocycles. The lowest BCUT2D eigenvalue weighted by molar-refractivity contribution is -0.115. The van der Waals surface area contributed by atoms with Crippen LogP contribution in [0, 0.1) is 20.8 Å². The summed E-state index contributed by atoms with van der Waals surface area (Å²) < 4.78 is 5.56. The topological polar surface area (TPSA) is 68.0 Å². The van der Waals surface area contributed by atoms with Gasteiger partial charge in [0.2, 0.25) is 11.7 Å². The van der Waals surface area contributed by atoms with Crippen LogP contribution in [-0.4, -0.2) is 16.0 Å². The van der Waals surface area contributed by atoms with Crippen LogP contribution in [0.25, 0.3) is 22.8 Å². The fourth-order valence-corrected chi connectivity index (χ4v) is 4.27. The molecule has 0 unspecified atom stereocenters. The Balaban J connectivity index is 1.59. The normalized spacial score (nSPS) is 10.9. The van der Waals surface area contributed by atoms with Crippen molar-refractivity contribution < 1.29 is 9.32 Å². The lowest BCUT2D eigenvalue weighted by atomic mass is 10.1. The summed E-state index contributed by atoms with van der Waals surface area (Å²) in [6.45, 7) is 6.03. The molecule has 0 radical (unpaired) electrons. The largest absolute Gasteiger partial charge is 0.333 e. The minimum Gasteiger partial charge on any atom is -0.333 e. The van der Waals surface area contributed by atoms with E-state index in [0.29, 0.717) is 21.7 Å². The van der Waals surface area contributed by atoms with Crippen molar-refractivity contribution in [3.63, 3.8) is 0 Å². The van der Waals surface area contributed by atoms with Crippen LogP contribution < -0.4 is 5.32 Å². The molecule has 7 heteroatoms. The van der Waals surface area contributed by atoms with Crippen LogP contribution in [0.15, 0.2) is 53.1 Å². The Kier molecular flexibility index (Phi) is 5.70. The van der Waals surface area contributed by atoms with Crippen LogP contribution in [0.3, 0.4) is 0 Å². The van der Waals surface area contributed by atoms with E-state index in [9.17, 15) is 4.79 Å². The average Bonchev–Trinajstić information content (AvgIpc) is 3.29. The molecule has 30 heavy (non-hydrogen) atoms. The number of hydrogen-bond acceptors (Lipinski definition) is 5. The van der Waals surface area contributed by atoms with Crippen molar-refractivity contribution in [1.29, 1.82) is 0 Å². The zero-order chi connectivity index (χ0) is 21.3. The number of aryl methyl sites for hydroxylation is 2. The van der Waals surface area contributed by atoms with Gasteiger partial charge in [-0.15, -0.1) is 11.3 Å². The van der Waals surface area contributed by atoms with Gasteiger partial charge in [0.05, 0.1) is 12.0 Å². The average molecular weight is 438 g/mol. The number of halogens is 1. The van der Waals surface area contributed by atoms with Gasteiger partial charge in [0.1, 0.15) is 5.00 Å². The molecule has 0 saturated carbocycles. The number of rotatable bonds is 5. The summed E-state index contributed by atoms with van der Waals surface area (Å²) in [5, 5.41) is 8.50. The zero-order valence-corrected chi connectivity index (χ0v) is 18.4. The van der Waals surface area contributed by atoms with Gasteiger partial charge in [-0.25, -0.2) is 0 Å². The molecule has 1 N–H and O–H groups in total. The molecule has 2 aromatic carbocycles. The zero-order valence-electron chi connectivity index (χ0n) is 16.8. The molecular weight excluding hydrogens is 418 g/mol. The number of carbonyl (C=O) groups is 1. The molecule has 5 nitrogen and oxygen atoms in total. The van der Waals surface area contributed by atoms with Crippen molar-refractivity contribution in [2.45, 2.75) is 27.2 Å². The van der Waals surface area contributed by atoms with Crippen LogP contribution >= 0.6 is 22.9 Å². The highest BCUT2D eigenvalue weighted by molar-refractivity contribution is 7.17. The van der Waals surface area contributed by atoms with E-state index in [2.05, 4.69) is 15.5 Å². The van der Waals surface area contributed by atoms with Crippen LogP contribution in [0.2, 0.25) is 5.02 Å². The lowest BCUT2D eigenvalue weighted by Crippen LogP contribution is -2.14. The first-order valence-electron chi connectivity index (χ1n) is 9.46. The SMILES string of the molecule is Cc1ccc(-c2noc(-c3c(NC(=O)Cc4ccc(Cl)cc4)sc(C)c3C)n2)cc1. The van der Waals surface area contributed by atoms with E-state index >= 15 is 0 Å². The molecule has 0 bridgehead atoms. The molecule has 152 valence electrons. The number of nitrogens with zero attached hydrogens (tertiary/aromatic N) is 2. The van der Waals surface area contributed by atoms with Gasteiger partial charge in [-0.2, -0.15) is 4.98 Å². The molecule has 0 fully saturated rings. The van der Waals surface area contributed by atoms with Gasteiger partial charge in [0.25, 0.3) is 5.89 Å². The number of nitrogens with one attached hydrogen (secondary N) is 1. The summed E-state index contributed by atoms with van der Waals surface area (Å²) in [4.78, 5) is 18.3. The molecule has 1 amide bonds. The summed E-state index contributed by atoms with van der Waals surface area (Å²) in [6.07, 6.45) is 0.255. The van der Waals surface area contributed by atoms with E-state index in [0.717, 1.165) is 32.7 Å². The molecule has 0 saturated heterocycles. The lowest BCUT2D eigenvalue weighted by Gasteiger charge is -2.05. The van der Waals surface area contributed by atoms with Crippen molar-refractivity contribution in [2.75, 3.05) is 5.32 Å². The first-order valence-corrected chi connectivity index (χ1v) is 10.7. The fourth-order valence-electron chi connectivity index (χ4n) is 3.08. The number of amides is 1. The standard InChI is InChI=1S/C23H20ClN3O2S/c1-13-4-8-17(9-5-13)21-26-22(29-27-21)20-14(2)15(3)30-23(20)25-19(28)12-16-6-10-18(24)11-7-16/h4-11H,12H2,1-3H3,(H,25,28). The van der Waals surface area contributed by atoms with Crippen LogP contribution in [-0.2, 0) is 11.2 Å². The first-order chi connectivity index (χ1) is 14.4. The second-order valence-electron chi connectivity index (χ2n) is 7.13. The maximum Gasteiger partial charge on any atom is 0.261 e. The highest BCUT2D eigenvalue weighted by atomic mass is 35.5. The third kappa shape index (κ3) is 4.30. The quantitative estimate of drug-likeness (QED) is 0.402. The Hall–Kier alpha value is -2.96. The molecule has 0 atom stereocenters. The Bertz CT molecular complexity index is 1190. The van der Waals surface area contributed by atoms with E-state index in [1.807, 2.05) is 57.2 Å². The number of benzene rings is 2. The minimum absolute atomic E-state index is 0.113. The van der Waals surface area contributed by atoms with Gasteiger partial charge in [-0.1, -0.05) is 58.7 Å². The molecule has 0 aliphatic carbocycles. The second-order valence-corrected chi connectivity index (χ2v) is 8.79. The summed E-state index contributed by atoms with van der Waals surface area (Å²) in [6, 6.07) is 15.2. The number of thiophene rings is 1. The predicted molar refractivity (Wildman–Crippen MR) is 121 cm³/mol. The van der Waals surface area contributed by atoms with Crippen molar-refractivity contribution in [2.24, 2.45) is 0 Å². The van der Waals surface area contributed by atoms with Gasteiger partial charge in [-0.05, 0) is 44.0 Å². The first kappa shape index (κ1) is 20.3. The van der Waals surface area contributed by atoms with Gasteiger partial charge in [0.15, 0.2) is 0 Å². The van der Waals surface area contributed by atoms with Crippen LogP contribution in [0.1, 0.15) is 21.6 Å². The van der Waals surface area contributed by atoms with Crippen molar-refractivity contribution in [3.05, 3.63) is 75.1 Å². The monoisotopic (exact) mass is 437 g/mol. The number of aromatic nitrogens is 2. The summed E-state index contributed by atoms with van der Waals surface area (Å²) >= 11 is 7.42. The molecule has 0 aliphatic rings. The minimum atomic E-state index is -0.113. The van der Waals surface area contributed by atoms with Crippen molar-refractivity contribution in [3.8, 4) is 22.8 Å². The Morgan fingerprint density at radius 1 is 1.07 bits per heavy atom. The molecule has 0 aliphatic heterocycles. The molecule has 4 aromatic rings. The second kappa shape index (κ2) is 8.42. The van der Waals surface area contributed by atoms with Gasteiger partial charge in [-0.3, -0.25) is 4.79 Å². The Morgan fingerprint density at radius 3 is 2.47 bits per heavy atom. The van der Waals surface area contributed by atoms with E-state index in [-0.39, 0.29) is 12.3 Å². The van der Waals surface area contributed by atoms with Crippen LogP contribution in [0.4, 0.5) is 5.00 Å². The van der Waals surface area contributed by atoms with Crippen LogP contribution in [0.5, 0.6) is 0 Å². The predicted octanol–water partition coefficient (Wildman–Crippen LogP) is 6.22. The van der Waals surface area contributed by atoms with E-state index in [1.54, 1.807) is 12.1 Å². The third-order valence-electron chi connectivity index (χ3n) is 4.87. The highest BCUT2D eigenvalue weighted by Crippen LogP contribution is 2.40. The van der Waals surface area contributed by atoms with Crippen molar-refractivity contribution in [1.82, 2.24) is 10.1 Å². The summed E-state index contributed by atoms with van der Waals surface area (Å²) in [7, 11) is 0. The Morgan fingerprint density at radius 2 is 1.77 bits per heavy atom. The maximum absolute atomic E-state index is 12.6. The third-order valence-corrected chi connectivity index (χ3v) is 6.24. The highest BCUT2D eigenvalue weighted by Gasteiger charge is 2.22. The molecule has 4 rings (SSSR count). The van der Waals surface area contributed by atoms with E-state index in [1.165, 1.54) is 11.3 Å². The molecule has 2 aromatic heterocycles. The molecule has 0 spiro atoms. The van der Waals surface area contributed by atoms with Crippen molar-refractivity contribution >= 4 is 33.8 Å². The number of anilines is 1. The molecular formula is C23H20ClN3O2S. The Labute approximate surface area is 183 Å².